The van der Waals surface area contributed by atoms with Crippen LogP contribution in [0.4, 0.5) is 9.18 Å². The smallest absolute Gasteiger partial charge is 0.445 e. The molecular weight excluding hydrogens is 464 g/mol. The zero-order valence-corrected chi connectivity index (χ0v) is 19.7. The molecule has 5 nitrogen and oxygen atoms in total. The lowest BCUT2D eigenvalue weighted by Gasteiger charge is -2.32. The monoisotopic (exact) mass is 489 g/mol. The molecule has 1 saturated heterocycles. The van der Waals surface area contributed by atoms with Crippen molar-refractivity contribution in [3.05, 3.63) is 75.4 Å². The highest BCUT2D eigenvalue weighted by Crippen LogP contribution is 2.39. The van der Waals surface area contributed by atoms with E-state index in [0.717, 1.165) is 11.1 Å². The molecule has 0 atom stereocenters. The van der Waals surface area contributed by atoms with Gasteiger partial charge in [0, 0.05) is 11.0 Å². The highest BCUT2D eigenvalue weighted by molar-refractivity contribution is 9.10. The van der Waals surface area contributed by atoms with Crippen molar-refractivity contribution in [2.24, 2.45) is 0 Å². The van der Waals surface area contributed by atoms with Crippen LogP contribution in [-0.2, 0) is 20.7 Å². The maximum absolute atomic E-state index is 13.5. The van der Waals surface area contributed by atoms with E-state index in [1.54, 1.807) is 6.07 Å². The molecule has 0 spiro atoms. The number of benzene rings is 2. The lowest BCUT2D eigenvalue weighted by molar-refractivity contribution is 0.00578. The third-order valence-corrected chi connectivity index (χ3v) is 6.20. The SMILES string of the molecule is CC1(C)OB(C(=Cc2ccc(F)cc2Br)CNC(=O)OCc2ccccc2)OC1(C)C. The number of amides is 1. The minimum atomic E-state index is -0.670. The first-order valence-corrected chi connectivity index (χ1v) is 10.8. The van der Waals surface area contributed by atoms with Crippen LogP contribution in [0.3, 0.4) is 0 Å². The Balaban J connectivity index is 1.74. The molecule has 0 saturated carbocycles. The number of nitrogens with one attached hydrogen (secondary N) is 1. The normalized spacial score (nSPS) is 17.5. The van der Waals surface area contributed by atoms with E-state index >= 15 is 0 Å². The third kappa shape index (κ3) is 5.96. The van der Waals surface area contributed by atoms with Crippen molar-refractivity contribution in [3.63, 3.8) is 0 Å². The van der Waals surface area contributed by atoms with E-state index in [1.807, 2.05) is 64.1 Å². The van der Waals surface area contributed by atoms with Gasteiger partial charge in [0.2, 0.25) is 0 Å². The fraction of sp³-hybridized carbons (Fsp3) is 0.348. The van der Waals surface area contributed by atoms with E-state index in [4.69, 9.17) is 14.0 Å². The second kappa shape index (κ2) is 9.55. The predicted molar refractivity (Wildman–Crippen MR) is 123 cm³/mol. The molecule has 0 bridgehead atoms. The molecule has 1 fully saturated rings. The molecule has 1 amide bonds. The molecule has 1 heterocycles. The van der Waals surface area contributed by atoms with E-state index < -0.39 is 24.4 Å². The number of ether oxygens (including phenoxy) is 1. The molecule has 0 unspecified atom stereocenters. The van der Waals surface area contributed by atoms with Gasteiger partial charge in [-0.3, -0.25) is 0 Å². The summed E-state index contributed by atoms with van der Waals surface area (Å²) in [4.78, 5) is 12.3. The summed E-state index contributed by atoms with van der Waals surface area (Å²) < 4.78 is 31.7. The fourth-order valence-corrected chi connectivity index (χ4v) is 3.43. The number of carbonyl (C=O) groups is 1. The van der Waals surface area contributed by atoms with Gasteiger partial charge in [-0.25, -0.2) is 9.18 Å². The second-order valence-corrected chi connectivity index (χ2v) is 9.24. The van der Waals surface area contributed by atoms with Crippen LogP contribution in [-0.4, -0.2) is 31.0 Å². The molecule has 164 valence electrons. The van der Waals surface area contributed by atoms with E-state index in [1.165, 1.54) is 12.1 Å². The molecular formula is C23H26BBrFNO4. The molecule has 1 aliphatic rings. The summed E-state index contributed by atoms with van der Waals surface area (Å²) in [5.41, 5.74) is 1.25. The molecule has 3 rings (SSSR count). The molecule has 0 aliphatic carbocycles. The van der Waals surface area contributed by atoms with Gasteiger partial charge in [0.15, 0.2) is 0 Å². The van der Waals surface area contributed by atoms with Crippen LogP contribution in [0, 0.1) is 5.82 Å². The number of hydrogen-bond donors (Lipinski definition) is 1. The largest absolute Gasteiger partial charge is 0.492 e. The van der Waals surface area contributed by atoms with E-state index in [0.29, 0.717) is 9.95 Å². The first-order chi connectivity index (χ1) is 14.6. The van der Waals surface area contributed by atoms with E-state index in [2.05, 4.69) is 21.2 Å². The van der Waals surface area contributed by atoms with Crippen LogP contribution >= 0.6 is 15.9 Å². The van der Waals surface area contributed by atoms with Gasteiger partial charge in [-0.2, -0.15) is 0 Å². The Hall–Kier alpha value is -2.16. The van der Waals surface area contributed by atoms with Crippen LogP contribution < -0.4 is 5.32 Å². The van der Waals surface area contributed by atoms with Crippen molar-refractivity contribution in [1.29, 1.82) is 0 Å². The van der Waals surface area contributed by atoms with Crippen molar-refractivity contribution >= 4 is 35.2 Å². The lowest BCUT2D eigenvalue weighted by atomic mass is 9.77. The number of hydrogen-bond acceptors (Lipinski definition) is 4. The minimum absolute atomic E-state index is 0.147. The van der Waals surface area contributed by atoms with Gasteiger partial charge in [-0.1, -0.05) is 58.4 Å². The van der Waals surface area contributed by atoms with Gasteiger partial charge in [-0.05, 0) is 56.4 Å². The Bertz CT molecular complexity index is 949. The summed E-state index contributed by atoms with van der Waals surface area (Å²) >= 11 is 3.38. The maximum Gasteiger partial charge on any atom is 0.492 e. The summed E-state index contributed by atoms with van der Waals surface area (Å²) in [5, 5.41) is 2.76. The summed E-state index contributed by atoms with van der Waals surface area (Å²) in [6.45, 7) is 8.15. The third-order valence-electron chi connectivity index (χ3n) is 5.51. The first kappa shape index (κ1) is 23.5. The number of rotatable bonds is 6. The number of halogens is 2. The average molecular weight is 490 g/mol. The fourth-order valence-electron chi connectivity index (χ4n) is 2.96. The summed E-state index contributed by atoms with van der Waals surface area (Å²) in [6, 6.07) is 13.9. The molecule has 31 heavy (non-hydrogen) atoms. The maximum atomic E-state index is 13.5. The van der Waals surface area contributed by atoms with Crippen LogP contribution in [0.1, 0.15) is 38.8 Å². The predicted octanol–water partition coefficient (Wildman–Crippen LogP) is 5.53. The van der Waals surface area contributed by atoms with Crippen LogP contribution in [0.15, 0.2) is 58.5 Å². The van der Waals surface area contributed by atoms with Gasteiger partial charge in [0.1, 0.15) is 12.4 Å². The molecule has 8 heteroatoms. The highest BCUT2D eigenvalue weighted by Gasteiger charge is 2.52. The van der Waals surface area contributed by atoms with Crippen molar-refractivity contribution in [3.8, 4) is 0 Å². The zero-order chi connectivity index (χ0) is 22.6. The summed E-state index contributed by atoms with van der Waals surface area (Å²) in [6.07, 6.45) is 1.27. The van der Waals surface area contributed by atoms with Gasteiger partial charge < -0.3 is 19.4 Å². The van der Waals surface area contributed by atoms with Gasteiger partial charge in [0.05, 0.1) is 11.2 Å². The van der Waals surface area contributed by atoms with Crippen LogP contribution in [0.2, 0.25) is 0 Å². The van der Waals surface area contributed by atoms with Crippen molar-refractivity contribution in [2.75, 3.05) is 6.54 Å². The number of alkyl carbamates (subject to hydrolysis) is 1. The van der Waals surface area contributed by atoms with E-state index in [9.17, 15) is 9.18 Å². The van der Waals surface area contributed by atoms with Crippen LogP contribution in [0.25, 0.3) is 6.08 Å². The van der Waals surface area contributed by atoms with Crippen molar-refractivity contribution < 1.29 is 23.2 Å². The molecule has 2 aromatic carbocycles. The molecule has 2 aromatic rings. The first-order valence-electron chi connectivity index (χ1n) is 10.0. The highest BCUT2D eigenvalue weighted by atomic mass is 79.9. The Morgan fingerprint density at radius 1 is 1.13 bits per heavy atom. The molecule has 1 N–H and O–H groups in total. The van der Waals surface area contributed by atoms with Crippen molar-refractivity contribution in [1.82, 2.24) is 5.32 Å². The topological polar surface area (TPSA) is 56.8 Å². The van der Waals surface area contributed by atoms with Gasteiger partial charge in [-0.15, -0.1) is 0 Å². The Morgan fingerprint density at radius 2 is 1.77 bits per heavy atom. The number of carbonyl (C=O) groups excluding carboxylic acids is 1. The molecule has 0 radical (unpaired) electrons. The molecule has 1 aliphatic heterocycles. The standard InChI is InChI=1S/C23H26BBrFNO4/c1-22(2)23(3,4)31-24(30-22)18(12-17-10-11-19(26)13-20(17)25)14-27-21(28)29-15-16-8-6-5-7-9-16/h5-13H,14-15H2,1-4H3,(H,27,28). The molecule has 0 aromatic heterocycles. The van der Waals surface area contributed by atoms with Gasteiger partial charge >= 0.3 is 13.2 Å². The zero-order valence-electron chi connectivity index (χ0n) is 18.1. The van der Waals surface area contributed by atoms with E-state index in [-0.39, 0.29) is 19.0 Å². The Labute approximate surface area is 191 Å². The Kier molecular flexibility index (Phi) is 7.24. The second-order valence-electron chi connectivity index (χ2n) is 8.39. The van der Waals surface area contributed by atoms with Crippen molar-refractivity contribution in [2.45, 2.75) is 45.5 Å². The lowest BCUT2D eigenvalue weighted by Crippen LogP contribution is -2.41. The minimum Gasteiger partial charge on any atom is -0.445 e. The van der Waals surface area contributed by atoms with Gasteiger partial charge in [0.25, 0.3) is 0 Å². The Morgan fingerprint density at radius 3 is 2.39 bits per heavy atom. The average Bonchev–Trinajstić information content (AvgIpc) is 2.93. The summed E-state index contributed by atoms with van der Waals surface area (Å²) in [7, 11) is -0.670. The van der Waals surface area contributed by atoms with Crippen LogP contribution in [0.5, 0.6) is 0 Å². The quantitative estimate of drug-likeness (QED) is 0.542. The summed E-state index contributed by atoms with van der Waals surface area (Å²) in [5.74, 6) is -0.344.